The zero-order valence-electron chi connectivity index (χ0n) is 17.1. The SMILES string of the molecule is COc1ccc(COC(=O)C2(CCCCBr)c3ccccc3-c3ccccc32)cc1. The van der Waals surface area contributed by atoms with Gasteiger partial charge in [-0.15, -0.1) is 0 Å². The van der Waals surface area contributed by atoms with Crippen LogP contribution >= 0.6 is 15.9 Å². The second-order valence-electron chi connectivity index (χ2n) is 7.57. The average molecular weight is 465 g/mol. The first-order valence-electron chi connectivity index (χ1n) is 10.3. The lowest BCUT2D eigenvalue weighted by atomic mass is 9.74. The van der Waals surface area contributed by atoms with E-state index in [0.717, 1.165) is 58.2 Å². The van der Waals surface area contributed by atoms with Crippen molar-refractivity contribution < 1.29 is 14.3 Å². The zero-order valence-corrected chi connectivity index (χ0v) is 18.7. The average Bonchev–Trinajstić information content (AvgIpc) is 3.09. The van der Waals surface area contributed by atoms with Gasteiger partial charge in [0.2, 0.25) is 0 Å². The van der Waals surface area contributed by atoms with Crippen molar-refractivity contribution in [2.24, 2.45) is 0 Å². The minimum Gasteiger partial charge on any atom is -0.497 e. The first kappa shape index (κ1) is 20.7. The number of hydrogen-bond donors (Lipinski definition) is 0. The van der Waals surface area contributed by atoms with E-state index in [4.69, 9.17) is 9.47 Å². The molecule has 0 bridgehead atoms. The molecule has 0 atom stereocenters. The third kappa shape index (κ3) is 3.65. The number of esters is 1. The van der Waals surface area contributed by atoms with Gasteiger partial charge in [-0.1, -0.05) is 83.0 Å². The Morgan fingerprint density at radius 1 is 0.867 bits per heavy atom. The first-order valence-corrected chi connectivity index (χ1v) is 11.4. The lowest BCUT2D eigenvalue weighted by Crippen LogP contribution is -2.37. The summed E-state index contributed by atoms with van der Waals surface area (Å²) in [5, 5.41) is 0.924. The molecule has 154 valence electrons. The number of halogens is 1. The molecular formula is C26H25BrO3. The van der Waals surface area contributed by atoms with Crippen molar-refractivity contribution in [3.05, 3.63) is 89.5 Å². The van der Waals surface area contributed by atoms with Crippen molar-refractivity contribution in [2.45, 2.75) is 31.3 Å². The number of benzene rings is 3. The van der Waals surface area contributed by atoms with E-state index in [0.29, 0.717) is 0 Å². The molecule has 4 rings (SSSR count). The van der Waals surface area contributed by atoms with Gasteiger partial charge in [-0.2, -0.15) is 0 Å². The monoisotopic (exact) mass is 464 g/mol. The highest BCUT2D eigenvalue weighted by Crippen LogP contribution is 2.52. The summed E-state index contributed by atoms with van der Waals surface area (Å²) in [7, 11) is 1.64. The van der Waals surface area contributed by atoms with Gasteiger partial charge >= 0.3 is 5.97 Å². The number of methoxy groups -OCH3 is 1. The van der Waals surface area contributed by atoms with Gasteiger partial charge in [0.25, 0.3) is 0 Å². The molecule has 0 aromatic heterocycles. The number of unbranched alkanes of at least 4 members (excludes halogenated alkanes) is 1. The molecule has 1 aliphatic rings. The Labute approximate surface area is 186 Å². The van der Waals surface area contributed by atoms with E-state index >= 15 is 0 Å². The van der Waals surface area contributed by atoms with Gasteiger partial charge in [-0.25, -0.2) is 0 Å². The van der Waals surface area contributed by atoms with Gasteiger partial charge in [0, 0.05) is 5.33 Å². The van der Waals surface area contributed by atoms with Gasteiger partial charge in [0.15, 0.2) is 0 Å². The molecule has 0 N–H and O–H groups in total. The lowest BCUT2D eigenvalue weighted by Gasteiger charge is -2.30. The zero-order chi connectivity index (χ0) is 21.0. The second-order valence-corrected chi connectivity index (χ2v) is 8.36. The van der Waals surface area contributed by atoms with Crippen LogP contribution in [0, 0.1) is 0 Å². The van der Waals surface area contributed by atoms with Crippen LogP contribution in [-0.4, -0.2) is 18.4 Å². The summed E-state index contributed by atoms with van der Waals surface area (Å²) in [5.41, 5.74) is 4.56. The Bertz CT molecular complexity index is 981. The molecule has 0 saturated heterocycles. The molecule has 0 amide bonds. The largest absolute Gasteiger partial charge is 0.497 e. The Morgan fingerprint density at radius 3 is 2.03 bits per heavy atom. The maximum Gasteiger partial charge on any atom is 0.321 e. The summed E-state index contributed by atoms with van der Waals surface area (Å²) >= 11 is 3.52. The predicted molar refractivity (Wildman–Crippen MR) is 123 cm³/mol. The molecule has 0 heterocycles. The van der Waals surface area contributed by atoms with Crippen LogP contribution in [0.2, 0.25) is 0 Å². The highest BCUT2D eigenvalue weighted by Gasteiger charge is 2.49. The quantitative estimate of drug-likeness (QED) is 0.224. The van der Waals surface area contributed by atoms with Crippen LogP contribution in [0.3, 0.4) is 0 Å². The molecule has 3 aromatic rings. The van der Waals surface area contributed by atoms with Crippen LogP contribution in [0.25, 0.3) is 11.1 Å². The summed E-state index contributed by atoms with van der Waals surface area (Å²) in [6.07, 6.45) is 2.68. The number of fused-ring (bicyclic) bond motifs is 3. The number of alkyl halides is 1. The molecule has 0 fully saturated rings. The minimum atomic E-state index is -0.762. The van der Waals surface area contributed by atoms with E-state index in [2.05, 4.69) is 40.2 Å². The van der Waals surface area contributed by atoms with Crippen LogP contribution < -0.4 is 4.74 Å². The maximum atomic E-state index is 13.7. The summed E-state index contributed by atoms with van der Waals surface area (Å²) in [5.74, 6) is 0.611. The highest BCUT2D eigenvalue weighted by atomic mass is 79.9. The third-order valence-electron chi connectivity index (χ3n) is 5.88. The minimum absolute atomic E-state index is 0.176. The molecule has 4 heteroatoms. The van der Waals surface area contributed by atoms with Crippen molar-refractivity contribution in [3.8, 4) is 16.9 Å². The number of rotatable bonds is 8. The van der Waals surface area contributed by atoms with Crippen LogP contribution in [-0.2, 0) is 21.6 Å². The smallest absolute Gasteiger partial charge is 0.321 e. The van der Waals surface area contributed by atoms with Crippen LogP contribution in [0.5, 0.6) is 5.75 Å². The van der Waals surface area contributed by atoms with E-state index in [1.54, 1.807) is 7.11 Å². The normalized spacial score (nSPS) is 13.4. The molecular weight excluding hydrogens is 440 g/mol. The fourth-order valence-electron chi connectivity index (χ4n) is 4.40. The molecule has 3 aromatic carbocycles. The summed E-state index contributed by atoms with van der Waals surface area (Å²) < 4.78 is 11.2. The predicted octanol–water partition coefficient (Wildman–Crippen LogP) is 6.27. The van der Waals surface area contributed by atoms with E-state index < -0.39 is 5.41 Å². The van der Waals surface area contributed by atoms with Gasteiger partial charge in [-0.3, -0.25) is 4.79 Å². The van der Waals surface area contributed by atoms with Gasteiger partial charge in [0.05, 0.1) is 7.11 Å². The third-order valence-corrected chi connectivity index (χ3v) is 6.44. The first-order chi connectivity index (χ1) is 14.7. The topological polar surface area (TPSA) is 35.5 Å². The molecule has 30 heavy (non-hydrogen) atoms. The number of ether oxygens (including phenoxy) is 2. The molecule has 0 unspecified atom stereocenters. The summed E-state index contributed by atoms with van der Waals surface area (Å²) in [6.45, 7) is 0.243. The summed E-state index contributed by atoms with van der Waals surface area (Å²) in [4.78, 5) is 13.7. The Balaban J connectivity index is 1.69. The molecule has 0 spiro atoms. The molecule has 0 saturated carbocycles. The molecule has 3 nitrogen and oxygen atoms in total. The fraction of sp³-hybridized carbons (Fsp3) is 0.269. The van der Waals surface area contributed by atoms with Crippen molar-refractivity contribution in [3.63, 3.8) is 0 Å². The Morgan fingerprint density at radius 2 is 1.47 bits per heavy atom. The van der Waals surface area contributed by atoms with Crippen molar-refractivity contribution >= 4 is 21.9 Å². The van der Waals surface area contributed by atoms with Gasteiger partial charge in [-0.05, 0) is 52.8 Å². The standard InChI is InChI=1S/C26H25BrO3/c1-29-20-14-12-19(13-15-20)18-30-25(28)26(16-6-7-17-27)23-10-4-2-8-21(23)22-9-3-5-11-24(22)26/h2-5,8-15H,6-7,16-18H2,1H3. The Hall–Kier alpha value is -2.59. The number of carbonyl (C=O) groups is 1. The van der Waals surface area contributed by atoms with E-state index in [1.165, 1.54) is 0 Å². The lowest BCUT2D eigenvalue weighted by molar-refractivity contribution is -0.150. The maximum absolute atomic E-state index is 13.7. The van der Waals surface area contributed by atoms with Crippen molar-refractivity contribution in [2.75, 3.05) is 12.4 Å². The highest BCUT2D eigenvalue weighted by molar-refractivity contribution is 9.09. The summed E-state index contributed by atoms with van der Waals surface area (Å²) in [6, 6.07) is 24.1. The fourth-order valence-corrected chi connectivity index (χ4v) is 4.79. The molecule has 0 aliphatic heterocycles. The Kier molecular flexibility index (Phi) is 6.24. The van der Waals surface area contributed by atoms with Gasteiger partial charge in [0.1, 0.15) is 17.8 Å². The van der Waals surface area contributed by atoms with Gasteiger partial charge < -0.3 is 9.47 Å². The van der Waals surface area contributed by atoms with Crippen LogP contribution in [0.1, 0.15) is 36.0 Å². The van der Waals surface area contributed by atoms with Crippen molar-refractivity contribution in [1.82, 2.24) is 0 Å². The number of hydrogen-bond acceptors (Lipinski definition) is 3. The van der Waals surface area contributed by atoms with E-state index in [1.807, 2.05) is 48.5 Å². The van der Waals surface area contributed by atoms with E-state index in [9.17, 15) is 4.79 Å². The van der Waals surface area contributed by atoms with Crippen LogP contribution in [0.4, 0.5) is 0 Å². The molecule has 1 aliphatic carbocycles. The second kappa shape index (κ2) is 9.05. The van der Waals surface area contributed by atoms with Crippen LogP contribution in [0.15, 0.2) is 72.8 Å². The molecule has 0 radical (unpaired) electrons. The van der Waals surface area contributed by atoms with E-state index in [-0.39, 0.29) is 12.6 Å². The van der Waals surface area contributed by atoms with Crippen molar-refractivity contribution in [1.29, 1.82) is 0 Å². The number of carbonyl (C=O) groups excluding carboxylic acids is 1.